The third-order valence-corrected chi connectivity index (χ3v) is 6.98. The zero-order valence-electron chi connectivity index (χ0n) is 13.7. The molecule has 2 nitrogen and oxygen atoms in total. The molecule has 0 amide bonds. The van der Waals surface area contributed by atoms with E-state index in [0.717, 1.165) is 0 Å². The van der Waals surface area contributed by atoms with E-state index in [-0.39, 0.29) is 0 Å². The zero-order chi connectivity index (χ0) is 14.8. The summed E-state index contributed by atoms with van der Waals surface area (Å²) < 4.78 is 0. The third kappa shape index (κ3) is 3.06. The maximum Gasteiger partial charge on any atom is 0.0329 e. The van der Waals surface area contributed by atoms with E-state index >= 15 is 0 Å². The van der Waals surface area contributed by atoms with E-state index in [9.17, 15) is 0 Å². The molecule has 1 spiro atoms. The Hall–Kier alpha value is -0.380. The Bertz CT molecular complexity index is 430. The molecule has 1 saturated carbocycles. The average molecular weight is 307 g/mol. The maximum atomic E-state index is 3.97. The quantitative estimate of drug-likeness (QED) is 0.882. The second kappa shape index (κ2) is 6.39. The van der Waals surface area contributed by atoms with Crippen LogP contribution in [0.15, 0.2) is 17.5 Å². The number of hydrogen-bond donors (Lipinski definition) is 1. The van der Waals surface area contributed by atoms with E-state index in [1.54, 1.807) is 0 Å². The fraction of sp³-hybridized carbons (Fsp3) is 0.778. The van der Waals surface area contributed by atoms with Gasteiger partial charge >= 0.3 is 0 Å². The molecule has 1 N–H and O–H groups in total. The molecular weight excluding hydrogens is 276 g/mol. The van der Waals surface area contributed by atoms with Crippen molar-refractivity contribution in [2.75, 3.05) is 19.6 Å². The molecule has 2 fully saturated rings. The van der Waals surface area contributed by atoms with E-state index < -0.39 is 0 Å². The van der Waals surface area contributed by atoms with Gasteiger partial charge < -0.3 is 5.32 Å². The predicted molar refractivity (Wildman–Crippen MR) is 92.1 cm³/mol. The number of hydrogen-bond acceptors (Lipinski definition) is 3. The Kier molecular flexibility index (Phi) is 4.72. The molecule has 3 rings (SSSR count). The molecule has 21 heavy (non-hydrogen) atoms. The number of thiophene rings is 1. The van der Waals surface area contributed by atoms with Gasteiger partial charge in [-0.15, -0.1) is 11.3 Å². The SMILES string of the molecule is CCC1(CC)CNC2(CCCC2)CN1CCc1cccs1. The molecule has 1 aliphatic carbocycles. The lowest BCUT2D eigenvalue weighted by molar-refractivity contribution is 0.000922. The standard InChI is InChI=1S/C18H30N2S/c1-3-18(4-2)14-19-17(10-5-6-11-17)15-20(18)12-9-16-8-7-13-21-16/h7-8,13,19H,3-6,9-12,14-15H2,1-2H3. The van der Waals surface area contributed by atoms with E-state index in [0.29, 0.717) is 11.1 Å². The van der Waals surface area contributed by atoms with Gasteiger partial charge in [0, 0.05) is 35.6 Å². The molecule has 0 bridgehead atoms. The van der Waals surface area contributed by atoms with Gasteiger partial charge in [0.05, 0.1) is 0 Å². The molecular formula is C18H30N2S. The summed E-state index contributed by atoms with van der Waals surface area (Å²) in [5.74, 6) is 0. The van der Waals surface area contributed by atoms with Crippen LogP contribution in [0.3, 0.4) is 0 Å². The summed E-state index contributed by atoms with van der Waals surface area (Å²) in [7, 11) is 0. The Morgan fingerprint density at radius 1 is 1.24 bits per heavy atom. The number of rotatable bonds is 5. The molecule has 1 aromatic heterocycles. The fourth-order valence-electron chi connectivity index (χ4n) is 4.40. The van der Waals surface area contributed by atoms with Crippen molar-refractivity contribution >= 4 is 11.3 Å². The van der Waals surface area contributed by atoms with Crippen molar-refractivity contribution in [2.45, 2.75) is 69.9 Å². The average Bonchev–Trinajstić information content (AvgIpc) is 3.18. The van der Waals surface area contributed by atoms with Crippen LogP contribution >= 0.6 is 11.3 Å². The monoisotopic (exact) mass is 306 g/mol. The molecule has 1 aromatic rings. The second-order valence-electron chi connectivity index (χ2n) is 7.02. The molecule has 1 aliphatic heterocycles. The topological polar surface area (TPSA) is 15.3 Å². The second-order valence-corrected chi connectivity index (χ2v) is 8.06. The Morgan fingerprint density at radius 2 is 2.00 bits per heavy atom. The lowest BCUT2D eigenvalue weighted by Crippen LogP contribution is -2.69. The molecule has 0 unspecified atom stereocenters. The Balaban J connectivity index is 1.72. The van der Waals surface area contributed by atoms with E-state index in [1.165, 1.54) is 69.5 Å². The normalized spacial score (nSPS) is 24.7. The summed E-state index contributed by atoms with van der Waals surface area (Å²) >= 11 is 1.91. The number of piperazine rings is 1. The summed E-state index contributed by atoms with van der Waals surface area (Å²) in [4.78, 5) is 4.38. The first kappa shape index (κ1) is 15.5. The summed E-state index contributed by atoms with van der Waals surface area (Å²) in [6, 6.07) is 4.47. The summed E-state index contributed by atoms with van der Waals surface area (Å²) in [6.45, 7) is 8.42. The van der Waals surface area contributed by atoms with Gasteiger partial charge in [0.25, 0.3) is 0 Å². The highest BCUT2D eigenvalue weighted by atomic mass is 32.1. The summed E-state index contributed by atoms with van der Waals surface area (Å²) in [5, 5.41) is 6.18. The lowest BCUT2D eigenvalue weighted by Gasteiger charge is -2.54. The molecule has 2 aliphatic rings. The Morgan fingerprint density at radius 3 is 2.62 bits per heavy atom. The predicted octanol–water partition coefficient (Wildman–Crippen LogP) is 4.07. The zero-order valence-corrected chi connectivity index (χ0v) is 14.5. The minimum atomic E-state index is 0.380. The molecule has 0 radical (unpaired) electrons. The minimum Gasteiger partial charge on any atom is -0.308 e. The van der Waals surface area contributed by atoms with Crippen molar-refractivity contribution in [3.63, 3.8) is 0 Å². The molecule has 0 atom stereocenters. The molecule has 3 heteroatoms. The van der Waals surface area contributed by atoms with Crippen LogP contribution in [0.1, 0.15) is 57.2 Å². The van der Waals surface area contributed by atoms with Crippen LogP contribution in [0.2, 0.25) is 0 Å². The van der Waals surface area contributed by atoms with Crippen molar-refractivity contribution < 1.29 is 0 Å². The van der Waals surface area contributed by atoms with Gasteiger partial charge in [-0.05, 0) is 43.6 Å². The minimum absolute atomic E-state index is 0.380. The Labute approximate surface area is 133 Å². The van der Waals surface area contributed by atoms with Crippen molar-refractivity contribution in [1.29, 1.82) is 0 Å². The number of nitrogens with zero attached hydrogens (tertiary/aromatic N) is 1. The van der Waals surface area contributed by atoms with Crippen molar-refractivity contribution in [3.8, 4) is 0 Å². The number of nitrogens with one attached hydrogen (secondary N) is 1. The van der Waals surface area contributed by atoms with Gasteiger partial charge in [0.15, 0.2) is 0 Å². The van der Waals surface area contributed by atoms with Crippen LogP contribution in [0.25, 0.3) is 0 Å². The largest absolute Gasteiger partial charge is 0.308 e. The highest BCUT2D eigenvalue weighted by molar-refractivity contribution is 7.09. The van der Waals surface area contributed by atoms with Crippen molar-refractivity contribution in [1.82, 2.24) is 10.2 Å². The van der Waals surface area contributed by atoms with Gasteiger partial charge in [-0.2, -0.15) is 0 Å². The van der Waals surface area contributed by atoms with E-state index in [4.69, 9.17) is 0 Å². The first-order valence-corrected chi connectivity index (χ1v) is 9.62. The summed E-state index contributed by atoms with van der Waals surface area (Å²) in [6.07, 6.45) is 9.33. The van der Waals surface area contributed by atoms with Crippen LogP contribution in [0.4, 0.5) is 0 Å². The molecule has 0 aromatic carbocycles. The van der Waals surface area contributed by atoms with Crippen LogP contribution in [0, 0.1) is 0 Å². The smallest absolute Gasteiger partial charge is 0.0329 e. The molecule has 2 heterocycles. The third-order valence-electron chi connectivity index (χ3n) is 6.04. The highest BCUT2D eigenvalue weighted by Crippen LogP contribution is 2.38. The van der Waals surface area contributed by atoms with Crippen LogP contribution < -0.4 is 5.32 Å². The summed E-state index contributed by atoms with van der Waals surface area (Å²) in [5.41, 5.74) is 0.814. The maximum absolute atomic E-state index is 3.97. The fourth-order valence-corrected chi connectivity index (χ4v) is 5.10. The van der Waals surface area contributed by atoms with Crippen LogP contribution in [-0.4, -0.2) is 35.6 Å². The van der Waals surface area contributed by atoms with Gasteiger partial charge in [-0.3, -0.25) is 4.90 Å². The van der Waals surface area contributed by atoms with Gasteiger partial charge in [-0.25, -0.2) is 0 Å². The first-order valence-electron chi connectivity index (χ1n) is 8.74. The lowest BCUT2D eigenvalue weighted by atomic mass is 9.82. The van der Waals surface area contributed by atoms with Crippen molar-refractivity contribution in [2.24, 2.45) is 0 Å². The van der Waals surface area contributed by atoms with Gasteiger partial charge in [0.1, 0.15) is 0 Å². The molecule has 1 saturated heterocycles. The van der Waals surface area contributed by atoms with Gasteiger partial charge in [-0.1, -0.05) is 32.8 Å². The molecule has 118 valence electrons. The highest BCUT2D eigenvalue weighted by Gasteiger charge is 2.46. The first-order chi connectivity index (χ1) is 10.2. The van der Waals surface area contributed by atoms with Crippen LogP contribution in [0.5, 0.6) is 0 Å². The van der Waals surface area contributed by atoms with Gasteiger partial charge in [0.2, 0.25) is 0 Å². The van der Waals surface area contributed by atoms with E-state index in [2.05, 4.69) is 41.6 Å². The van der Waals surface area contributed by atoms with Crippen molar-refractivity contribution in [3.05, 3.63) is 22.4 Å². The van der Waals surface area contributed by atoms with E-state index in [1.807, 2.05) is 11.3 Å². The van der Waals surface area contributed by atoms with Crippen LogP contribution in [-0.2, 0) is 6.42 Å².